The van der Waals surface area contributed by atoms with E-state index in [1.165, 1.54) is 4.31 Å². The van der Waals surface area contributed by atoms with Crippen LogP contribution in [0, 0.1) is 13.8 Å². The lowest BCUT2D eigenvalue weighted by molar-refractivity contribution is 0.389. The molecule has 0 aliphatic carbocycles. The molecular formula is C19H19N5O3S2. The van der Waals surface area contributed by atoms with E-state index in [2.05, 4.69) is 14.7 Å². The summed E-state index contributed by atoms with van der Waals surface area (Å²) in [5, 5.41) is 5.82. The molecule has 1 aliphatic heterocycles. The molecule has 10 heteroatoms. The summed E-state index contributed by atoms with van der Waals surface area (Å²) in [6.45, 7) is 4.06. The Labute approximate surface area is 171 Å². The second kappa shape index (κ2) is 6.75. The monoisotopic (exact) mass is 429 g/mol. The molecule has 0 spiro atoms. The zero-order valence-electron chi connectivity index (χ0n) is 15.9. The van der Waals surface area contributed by atoms with Gasteiger partial charge in [0.1, 0.15) is 16.1 Å². The van der Waals surface area contributed by atoms with Crippen LogP contribution in [0.1, 0.15) is 23.9 Å². The standard InChI is InChI=1S/C19H19N5O3S2/c1-12-17(13(2)27-22-12)29(25,26)23-9-7-14(11-23)24-18-15(5-3-8-20-18)21-19(24)16-6-4-10-28-16/h3-6,8,10,14H,7,9,11H2,1-2H3. The normalized spacial score (nSPS) is 18.1. The van der Waals surface area contributed by atoms with E-state index >= 15 is 0 Å². The summed E-state index contributed by atoms with van der Waals surface area (Å²) in [7, 11) is -3.68. The van der Waals surface area contributed by atoms with E-state index in [1.807, 2.05) is 29.6 Å². The predicted molar refractivity (Wildman–Crippen MR) is 109 cm³/mol. The van der Waals surface area contributed by atoms with Gasteiger partial charge >= 0.3 is 0 Å². The number of aromatic nitrogens is 4. The van der Waals surface area contributed by atoms with Gasteiger partial charge in [0, 0.05) is 19.3 Å². The molecule has 0 saturated carbocycles. The van der Waals surface area contributed by atoms with Crippen LogP contribution in [0.3, 0.4) is 0 Å². The first-order chi connectivity index (χ1) is 14.0. The van der Waals surface area contributed by atoms with Crippen LogP contribution in [0.4, 0.5) is 0 Å². The Kier molecular flexibility index (Phi) is 4.30. The predicted octanol–water partition coefficient (Wildman–Crippen LogP) is 3.40. The molecule has 150 valence electrons. The molecule has 1 unspecified atom stereocenters. The van der Waals surface area contributed by atoms with Crippen molar-refractivity contribution in [2.75, 3.05) is 13.1 Å². The molecule has 1 aliphatic rings. The van der Waals surface area contributed by atoms with E-state index in [0.717, 1.165) is 21.9 Å². The molecule has 1 fully saturated rings. The summed E-state index contributed by atoms with van der Waals surface area (Å²) in [5.74, 6) is 1.15. The first-order valence-corrected chi connectivity index (χ1v) is 11.6. The van der Waals surface area contributed by atoms with Crippen molar-refractivity contribution in [1.29, 1.82) is 0 Å². The fourth-order valence-electron chi connectivity index (χ4n) is 3.97. The largest absolute Gasteiger partial charge is 0.360 e. The van der Waals surface area contributed by atoms with Crippen molar-refractivity contribution >= 4 is 32.5 Å². The smallest absolute Gasteiger partial charge is 0.248 e. The maximum absolute atomic E-state index is 13.2. The van der Waals surface area contributed by atoms with Crippen LogP contribution >= 0.6 is 11.3 Å². The third-order valence-electron chi connectivity index (χ3n) is 5.25. The lowest BCUT2D eigenvalue weighted by Crippen LogP contribution is -2.30. The van der Waals surface area contributed by atoms with Crippen molar-refractivity contribution in [2.45, 2.75) is 31.2 Å². The number of imidazole rings is 1. The molecule has 0 bridgehead atoms. The lowest BCUT2D eigenvalue weighted by Gasteiger charge is -2.18. The van der Waals surface area contributed by atoms with Crippen molar-refractivity contribution in [3.63, 3.8) is 0 Å². The quantitative estimate of drug-likeness (QED) is 0.493. The summed E-state index contributed by atoms with van der Waals surface area (Å²) in [6, 6.07) is 7.75. The summed E-state index contributed by atoms with van der Waals surface area (Å²) in [4.78, 5) is 10.5. The van der Waals surface area contributed by atoms with Gasteiger partial charge in [-0.2, -0.15) is 4.31 Å². The van der Waals surface area contributed by atoms with E-state index in [0.29, 0.717) is 31.0 Å². The van der Waals surface area contributed by atoms with Gasteiger partial charge in [-0.3, -0.25) is 0 Å². The highest BCUT2D eigenvalue weighted by Gasteiger charge is 2.38. The van der Waals surface area contributed by atoms with E-state index in [1.54, 1.807) is 31.4 Å². The second-order valence-electron chi connectivity index (χ2n) is 7.09. The summed E-state index contributed by atoms with van der Waals surface area (Å²) >= 11 is 1.61. The van der Waals surface area contributed by atoms with Gasteiger partial charge in [-0.1, -0.05) is 11.2 Å². The number of aryl methyl sites for hydroxylation is 2. The fourth-order valence-corrected chi connectivity index (χ4v) is 6.46. The number of sulfonamides is 1. The molecular weight excluding hydrogens is 410 g/mol. The van der Waals surface area contributed by atoms with E-state index in [4.69, 9.17) is 9.51 Å². The fraction of sp³-hybridized carbons (Fsp3) is 0.316. The van der Waals surface area contributed by atoms with E-state index < -0.39 is 10.0 Å². The van der Waals surface area contributed by atoms with Gasteiger partial charge in [0.25, 0.3) is 0 Å². The molecule has 4 aromatic rings. The molecule has 0 amide bonds. The van der Waals surface area contributed by atoms with Crippen LogP contribution in [0.25, 0.3) is 21.9 Å². The highest BCUT2D eigenvalue weighted by Crippen LogP contribution is 2.36. The van der Waals surface area contributed by atoms with Crippen molar-refractivity contribution < 1.29 is 12.9 Å². The molecule has 5 rings (SSSR count). The van der Waals surface area contributed by atoms with Crippen LogP contribution in [0.2, 0.25) is 0 Å². The lowest BCUT2D eigenvalue weighted by atomic mass is 10.2. The maximum Gasteiger partial charge on any atom is 0.248 e. The van der Waals surface area contributed by atoms with Crippen molar-refractivity contribution in [3.05, 3.63) is 47.3 Å². The van der Waals surface area contributed by atoms with Crippen LogP contribution in [-0.2, 0) is 10.0 Å². The molecule has 8 nitrogen and oxygen atoms in total. The highest BCUT2D eigenvalue weighted by atomic mass is 32.2. The SMILES string of the molecule is Cc1noc(C)c1S(=O)(=O)N1CCC(n2c(-c3cccs3)nc3cccnc32)C1. The minimum absolute atomic E-state index is 0.0535. The average Bonchev–Trinajstić information content (AvgIpc) is 3.47. The number of hydrogen-bond acceptors (Lipinski definition) is 7. The average molecular weight is 430 g/mol. The minimum Gasteiger partial charge on any atom is -0.360 e. The number of hydrogen-bond donors (Lipinski definition) is 0. The Morgan fingerprint density at radius 3 is 2.83 bits per heavy atom. The Balaban J connectivity index is 1.56. The Morgan fingerprint density at radius 1 is 1.24 bits per heavy atom. The number of nitrogens with zero attached hydrogens (tertiary/aromatic N) is 5. The van der Waals surface area contributed by atoms with Gasteiger partial charge in [0.15, 0.2) is 17.2 Å². The van der Waals surface area contributed by atoms with E-state index in [9.17, 15) is 8.42 Å². The second-order valence-corrected chi connectivity index (χ2v) is 9.91. The molecule has 1 atom stereocenters. The van der Waals surface area contributed by atoms with Gasteiger partial charge in [0.2, 0.25) is 10.0 Å². The zero-order valence-corrected chi connectivity index (χ0v) is 17.6. The van der Waals surface area contributed by atoms with Crippen molar-refractivity contribution in [1.82, 2.24) is 24.0 Å². The van der Waals surface area contributed by atoms with Gasteiger partial charge in [-0.15, -0.1) is 11.3 Å². The summed E-state index contributed by atoms with van der Waals surface area (Å²) < 4.78 is 35.1. The van der Waals surface area contributed by atoms with Gasteiger partial charge in [-0.25, -0.2) is 18.4 Å². The first kappa shape index (κ1) is 18.5. The molecule has 4 aromatic heterocycles. The molecule has 29 heavy (non-hydrogen) atoms. The molecule has 5 heterocycles. The molecule has 0 N–H and O–H groups in total. The molecule has 0 radical (unpaired) electrons. The zero-order chi connectivity index (χ0) is 20.2. The summed E-state index contributed by atoms with van der Waals surface area (Å²) in [6.07, 6.45) is 2.43. The number of thiophene rings is 1. The van der Waals surface area contributed by atoms with Crippen LogP contribution in [-0.4, -0.2) is 45.5 Å². The minimum atomic E-state index is -3.68. The van der Waals surface area contributed by atoms with Gasteiger partial charge in [-0.05, 0) is 43.8 Å². The maximum atomic E-state index is 13.2. The third kappa shape index (κ3) is 2.90. The van der Waals surface area contributed by atoms with Crippen LogP contribution < -0.4 is 0 Å². The van der Waals surface area contributed by atoms with Crippen LogP contribution in [0.5, 0.6) is 0 Å². The topological polar surface area (TPSA) is 94.1 Å². The molecule has 0 aromatic carbocycles. The Bertz CT molecular complexity index is 1270. The third-order valence-corrected chi connectivity index (χ3v) is 8.22. The Morgan fingerprint density at radius 2 is 2.10 bits per heavy atom. The number of pyridine rings is 1. The Hall–Kier alpha value is -2.56. The van der Waals surface area contributed by atoms with Crippen molar-refractivity contribution in [2.24, 2.45) is 0 Å². The number of fused-ring (bicyclic) bond motifs is 1. The first-order valence-electron chi connectivity index (χ1n) is 9.26. The van der Waals surface area contributed by atoms with Crippen molar-refractivity contribution in [3.8, 4) is 10.7 Å². The molecule has 1 saturated heterocycles. The van der Waals surface area contributed by atoms with E-state index in [-0.39, 0.29) is 10.9 Å². The highest BCUT2D eigenvalue weighted by molar-refractivity contribution is 7.89. The van der Waals surface area contributed by atoms with Gasteiger partial charge in [0.05, 0.1) is 10.9 Å². The van der Waals surface area contributed by atoms with Gasteiger partial charge < -0.3 is 9.09 Å². The summed E-state index contributed by atoms with van der Waals surface area (Å²) in [5.41, 5.74) is 1.97. The van der Waals surface area contributed by atoms with Crippen LogP contribution in [0.15, 0.2) is 45.3 Å². The number of rotatable bonds is 4.